The average Bonchev–Trinajstić information content (AvgIpc) is 2.83. The first kappa shape index (κ1) is 13.9. The Labute approximate surface area is 115 Å². The zero-order valence-electron chi connectivity index (χ0n) is 10.8. The summed E-state index contributed by atoms with van der Waals surface area (Å²) in [5, 5.41) is 18.6. The van der Waals surface area contributed by atoms with E-state index < -0.39 is 5.97 Å². The summed E-state index contributed by atoms with van der Waals surface area (Å²) in [5.74, 6) is -0.968. The smallest absolute Gasteiger partial charge is 0.337 e. The molecule has 0 spiro atoms. The Kier molecular flexibility index (Phi) is 4.11. The minimum Gasteiger partial charge on any atom is -0.478 e. The molecule has 2 rings (SSSR count). The van der Waals surface area contributed by atoms with Gasteiger partial charge in [-0.2, -0.15) is 11.8 Å². The molecular weight excluding hydrogens is 264 g/mol. The largest absolute Gasteiger partial charge is 0.478 e. The second-order valence-corrected chi connectivity index (χ2v) is 5.40. The van der Waals surface area contributed by atoms with Crippen molar-refractivity contribution in [1.29, 1.82) is 0 Å². The number of thioether (sulfide) groups is 1. The molecule has 0 amide bonds. The van der Waals surface area contributed by atoms with E-state index in [-0.39, 0.29) is 23.5 Å². The molecule has 2 atom stereocenters. The van der Waals surface area contributed by atoms with Crippen LogP contribution in [0.15, 0.2) is 24.5 Å². The van der Waals surface area contributed by atoms with E-state index in [1.807, 2.05) is 17.7 Å². The predicted octanol–water partition coefficient (Wildman–Crippen LogP) is 2.02. The highest BCUT2D eigenvalue weighted by Crippen LogP contribution is 2.27. The van der Waals surface area contributed by atoms with Crippen LogP contribution in [0.25, 0.3) is 11.0 Å². The van der Waals surface area contributed by atoms with Crippen LogP contribution in [0.4, 0.5) is 0 Å². The molecule has 0 aliphatic heterocycles. The number of nitrogens with zero attached hydrogens (tertiary/aromatic N) is 2. The van der Waals surface area contributed by atoms with E-state index in [1.165, 1.54) is 0 Å². The lowest BCUT2D eigenvalue weighted by atomic mass is 10.1. The first-order chi connectivity index (χ1) is 9.10. The third-order valence-corrected chi connectivity index (χ3v) is 4.43. The number of carbonyl (C=O) groups is 1. The lowest BCUT2D eigenvalue weighted by Gasteiger charge is -2.22. The van der Waals surface area contributed by atoms with Crippen molar-refractivity contribution >= 4 is 28.8 Å². The van der Waals surface area contributed by atoms with Crippen molar-refractivity contribution in [3.05, 3.63) is 30.1 Å². The monoisotopic (exact) mass is 280 g/mol. The molecule has 102 valence electrons. The highest BCUT2D eigenvalue weighted by Gasteiger charge is 2.21. The van der Waals surface area contributed by atoms with Crippen LogP contribution in [0.5, 0.6) is 0 Å². The number of benzene rings is 1. The van der Waals surface area contributed by atoms with Gasteiger partial charge in [-0.3, -0.25) is 0 Å². The minimum absolute atomic E-state index is 0.000693. The molecule has 5 nitrogen and oxygen atoms in total. The molecule has 2 unspecified atom stereocenters. The average molecular weight is 280 g/mol. The standard InChI is InChI=1S/C13H16N2O3S/c1-8(11(6-16)19-2)15-7-14-10-5-3-4-9(12(10)15)13(17)18/h3-5,7-8,11,16H,6H2,1-2H3,(H,17,18). The van der Waals surface area contributed by atoms with E-state index in [9.17, 15) is 15.0 Å². The SMILES string of the molecule is CSC(CO)C(C)n1cnc2cccc(C(=O)O)c21. The van der Waals surface area contributed by atoms with Gasteiger partial charge in [0.2, 0.25) is 0 Å². The van der Waals surface area contributed by atoms with Crippen molar-refractivity contribution in [3.8, 4) is 0 Å². The van der Waals surface area contributed by atoms with Gasteiger partial charge in [-0.15, -0.1) is 0 Å². The highest BCUT2D eigenvalue weighted by atomic mass is 32.2. The number of aliphatic hydroxyl groups excluding tert-OH is 1. The number of imidazole rings is 1. The van der Waals surface area contributed by atoms with E-state index in [4.69, 9.17) is 0 Å². The van der Waals surface area contributed by atoms with Gasteiger partial charge in [-0.05, 0) is 25.3 Å². The Hall–Kier alpha value is -1.53. The molecule has 1 aromatic carbocycles. The van der Waals surface area contributed by atoms with Gasteiger partial charge in [-0.1, -0.05) is 6.07 Å². The lowest BCUT2D eigenvalue weighted by molar-refractivity contribution is 0.0698. The van der Waals surface area contributed by atoms with Gasteiger partial charge < -0.3 is 14.8 Å². The van der Waals surface area contributed by atoms with Crippen LogP contribution in [0.1, 0.15) is 23.3 Å². The number of hydrogen-bond donors (Lipinski definition) is 2. The van der Waals surface area contributed by atoms with Crippen LogP contribution in [0.3, 0.4) is 0 Å². The lowest BCUT2D eigenvalue weighted by Crippen LogP contribution is -2.22. The number of fused-ring (bicyclic) bond motifs is 1. The number of aromatic carboxylic acids is 1. The summed E-state index contributed by atoms with van der Waals surface area (Å²) in [4.78, 5) is 15.5. The van der Waals surface area contributed by atoms with Gasteiger partial charge in [0.05, 0.1) is 29.5 Å². The van der Waals surface area contributed by atoms with Crippen LogP contribution < -0.4 is 0 Å². The van der Waals surface area contributed by atoms with Crippen molar-refractivity contribution in [3.63, 3.8) is 0 Å². The number of rotatable bonds is 5. The molecule has 2 N–H and O–H groups in total. The van der Waals surface area contributed by atoms with Crippen LogP contribution in [-0.2, 0) is 0 Å². The second kappa shape index (κ2) is 5.63. The molecule has 1 aromatic heterocycles. The molecule has 0 aliphatic rings. The predicted molar refractivity (Wildman–Crippen MR) is 75.8 cm³/mol. The Balaban J connectivity index is 2.58. The molecule has 0 saturated heterocycles. The maximum Gasteiger partial charge on any atom is 0.337 e. The number of para-hydroxylation sites is 1. The van der Waals surface area contributed by atoms with Crippen LogP contribution >= 0.6 is 11.8 Å². The van der Waals surface area contributed by atoms with Crippen molar-refractivity contribution in [2.75, 3.05) is 12.9 Å². The summed E-state index contributed by atoms with van der Waals surface area (Å²) in [6.45, 7) is 1.99. The first-order valence-corrected chi connectivity index (χ1v) is 7.21. The molecule has 1 heterocycles. The summed E-state index contributed by atoms with van der Waals surface area (Å²) >= 11 is 1.55. The van der Waals surface area contributed by atoms with Crippen molar-refractivity contribution in [1.82, 2.24) is 9.55 Å². The van der Waals surface area contributed by atoms with E-state index in [0.29, 0.717) is 11.0 Å². The molecular formula is C13H16N2O3S. The number of aliphatic hydroxyl groups is 1. The topological polar surface area (TPSA) is 75.3 Å². The maximum atomic E-state index is 11.3. The molecule has 0 saturated carbocycles. The fourth-order valence-electron chi connectivity index (χ4n) is 2.17. The molecule has 19 heavy (non-hydrogen) atoms. The van der Waals surface area contributed by atoms with E-state index >= 15 is 0 Å². The van der Waals surface area contributed by atoms with Gasteiger partial charge in [0.15, 0.2) is 0 Å². The third kappa shape index (κ3) is 2.46. The van der Waals surface area contributed by atoms with Crippen LogP contribution in [0, 0.1) is 0 Å². The number of hydrogen-bond acceptors (Lipinski definition) is 4. The van der Waals surface area contributed by atoms with Crippen LogP contribution in [-0.4, -0.2) is 43.8 Å². The number of carboxylic acids is 1. The summed E-state index contributed by atoms with van der Waals surface area (Å²) in [5.41, 5.74) is 1.50. The molecule has 2 aromatic rings. The summed E-state index contributed by atoms with van der Waals surface area (Å²) in [7, 11) is 0. The Morgan fingerprint density at radius 2 is 2.26 bits per heavy atom. The zero-order chi connectivity index (χ0) is 14.0. The van der Waals surface area contributed by atoms with E-state index in [0.717, 1.165) is 0 Å². The zero-order valence-corrected chi connectivity index (χ0v) is 11.6. The fourth-order valence-corrected chi connectivity index (χ4v) is 2.85. The Morgan fingerprint density at radius 1 is 1.53 bits per heavy atom. The van der Waals surface area contributed by atoms with Crippen molar-refractivity contribution in [2.24, 2.45) is 0 Å². The molecule has 0 aliphatic carbocycles. The molecule has 0 radical (unpaired) electrons. The quantitative estimate of drug-likeness (QED) is 0.876. The van der Waals surface area contributed by atoms with Crippen molar-refractivity contribution < 1.29 is 15.0 Å². The van der Waals surface area contributed by atoms with Crippen molar-refractivity contribution in [2.45, 2.75) is 18.2 Å². The Morgan fingerprint density at radius 3 is 2.84 bits per heavy atom. The number of carboxylic acid groups (broad SMARTS) is 1. The van der Waals surface area contributed by atoms with E-state index in [1.54, 1.807) is 36.3 Å². The van der Waals surface area contributed by atoms with Gasteiger partial charge in [0.25, 0.3) is 0 Å². The highest BCUT2D eigenvalue weighted by molar-refractivity contribution is 7.99. The third-order valence-electron chi connectivity index (χ3n) is 3.28. The number of aromatic nitrogens is 2. The van der Waals surface area contributed by atoms with Crippen LogP contribution in [0.2, 0.25) is 0 Å². The fraction of sp³-hybridized carbons (Fsp3) is 0.385. The van der Waals surface area contributed by atoms with Gasteiger partial charge in [0.1, 0.15) is 0 Å². The Bertz CT molecular complexity index is 593. The second-order valence-electron chi connectivity index (χ2n) is 4.33. The summed E-state index contributed by atoms with van der Waals surface area (Å²) in [6, 6.07) is 5.01. The van der Waals surface area contributed by atoms with Gasteiger partial charge in [-0.25, -0.2) is 9.78 Å². The normalized spacial score (nSPS) is 14.5. The molecule has 0 fully saturated rings. The van der Waals surface area contributed by atoms with E-state index in [2.05, 4.69) is 4.98 Å². The minimum atomic E-state index is -0.968. The molecule has 0 bridgehead atoms. The first-order valence-electron chi connectivity index (χ1n) is 5.92. The summed E-state index contributed by atoms with van der Waals surface area (Å²) in [6.07, 6.45) is 3.56. The maximum absolute atomic E-state index is 11.3. The van der Waals surface area contributed by atoms with Gasteiger partial charge in [0, 0.05) is 11.3 Å². The molecule has 6 heteroatoms. The van der Waals surface area contributed by atoms with Gasteiger partial charge >= 0.3 is 5.97 Å². The summed E-state index contributed by atoms with van der Waals surface area (Å²) < 4.78 is 1.83.